The van der Waals surface area contributed by atoms with Gasteiger partial charge in [0, 0.05) is 29.7 Å². The van der Waals surface area contributed by atoms with Gasteiger partial charge >= 0.3 is 12.2 Å². The van der Waals surface area contributed by atoms with Gasteiger partial charge in [0.1, 0.15) is 12.2 Å². The van der Waals surface area contributed by atoms with E-state index in [0.717, 1.165) is 42.8 Å². The van der Waals surface area contributed by atoms with Gasteiger partial charge in [-0.05, 0) is 49.7 Å². The van der Waals surface area contributed by atoms with Crippen LogP contribution in [-0.4, -0.2) is 67.6 Å². The van der Waals surface area contributed by atoms with Crippen LogP contribution in [0.3, 0.4) is 0 Å². The summed E-state index contributed by atoms with van der Waals surface area (Å²) in [5, 5.41) is 18.9. The van der Waals surface area contributed by atoms with Crippen LogP contribution in [0.4, 0.5) is 23.7 Å². The van der Waals surface area contributed by atoms with Crippen molar-refractivity contribution in [2.75, 3.05) is 25.0 Å². The molecule has 1 aliphatic heterocycles. The van der Waals surface area contributed by atoms with E-state index in [2.05, 4.69) is 31.9 Å². The SMILES string of the molecule is O=C(NCC(F)(F)F)Nc1cncc(-c2cnc3cc(-c4cnn(C5CCNCC5)c4)ccn23)c1.O=CO. The summed E-state index contributed by atoms with van der Waals surface area (Å²) in [4.78, 5) is 28.7. The number of imidazole rings is 1. The van der Waals surface area contributed by atoms with E-state index in [9.17, 15) is 18.0 Å². The second kappa shape index (κ2) is 11.7. The van der Waals surface area contributed by atoms with Crippen molar-refractivity contribution < 1.29 is 27.9 Å². The summed E-state index contributed by atoms with van der Waals surface area (Å²) in [5.41, 5.74) is 4.35. The zero-order chi connectivity index (χ0) is 27.1. The van der Waals surface area contributed by atoms with Gasteiger partial charge in [-0.25, -0.2) is 9.78 Å². The second-order valence-electron chi connectivity index (χ2n) is 8.47. The van der Waals surface area contributed by atoms with Crippen LogP contribution in [0.2, 0.25) is 0 Å². The number of hydrogen-bond donors (Lipinski definition) is 4. The number of rotatable bonds is 5. The molecule has 1 fully saturated rings. The lowest BCUT2D eigenvalue weighted by atomic mass is 10.1. The lowest BCUT2D eigenvalue weighted by molar-refractivity contribution is -0.123. The molecule has 200 valence electrons. The van der Waals surface area contributed by atoms with Crippen molar-refractivity contribution in [1.82, 2.24) is 34.8 Å². The van der Waals surface area contributed by atoms with Crippen LogP contribution in [0.25, 0.3) is 28.0 Å². The molecular formula is C24H25F3N8O3. The molecule has 0 spiro atoms. The smallest absolute Gasteiger partial charge is 0.405 e. The topological polar surface area (TPSA) is 138 Å². The molecule has 2 amide bonds. The minimum Gasteiger partial charge on any atom is -0.483 e. The van der Waals surface area contributed by atoms with Crippen LogP contribution >= 0.6 is 0 Å². The van der Waals surface area contributed by atoms with E-state index < -0.39 is 18.8 Å². The van der Waals surface area contributed by atoms with Gasteiger partial charge in [-0.15, -0.1) is 0 Å². The highest BCUT2D eigenvalue weighted by Gasteiger charge is 2.27. The summed E-state index contributed by atoms with van der Waals surface area (Å²) in [5.74, 6) is 0. The minimum atomic E-state index is -4.49. The summed E-state index contributed by atoms with van der Waals surface area (Å²) in [6.07, 6.45) is 8.07. The predicted molar refractivity (Wildman–Crippen MR) is 133 cm³/mol. The Labute approximate surface area is 214 Å². The average Bonchev–Trinajstić information content (AvgIpc) is 3.56. The van der Waals surface area contributed by atoms with E-state index in [0.29, 0.717) is 17.3 Å². The maximum absolute atomic E-state index is 12.3. The first kappa shape index (κ1) is 26.6. The summed E-state index contributed by atoms with van der Waals surface area (Å²) in [6.45, 7) is 0.317. The number of nitrogens with one attached hydrogen (secondary N) is 3. The molecule has 11 nitrogen and oxygen atoms in total. The van der Waals surface area contributed by atoms with Gasteiger partial charge in [-0.2, -0.15) is 18.3 Å². The largest absolute Gasteiger partial charge is 0.483 e. The Hall–Kier alpha value is -4.46. The van der Waals surface area contributed by atoms with Crippen LogP contribution < -0.4 is 16.0 Å². The third-order valence-corrected chi connectivity index (χ3v) is 5.87. The Balaban J connectivity index is 0.00000107. The molecule has 0 aromatic carbocycles. The Bertz CT molecular complexity index is 1400. The Morgan fingerprint density at radius 1 is 1.13 bits per heavy atom. The van der Waals surface area contributed by atoms with Gasteiger partial charge in [-0.1, -0.05) is 0 Å². The zero-order valence-corrected chi connectivity index (χ0v) is 20.0. The molecule has 5 heterocycles. The van der Waals surface area contributed by atoms with E-state index in [-0.39, 0.29) is 12.2 Å². The molecule has 0 radical (unpaired) electrons. The van der Waals surface area contributed by atoms with Crippen molar-refractivity contribution in [2.24, 2.45) is 0 Å². The minimum absolute atomic E-state index is 0.250. The molecule has 0 aliphatic carbocycles. The number of piperidine rings is 1. The number of fused-ring (bicyclic) bond motifs is 1. The summed E-state index contributed by atoms with van der Waals surface area (Å²) >= 11 is 0. The number of carboxylic acid groups (broad SMARTS) is 1. The maximum Gasteiger partial charge on any atom is 0.405 e. The molecule has 4 N–H and O–H groups in total. The van der Waals surface area contributed by atoms with Crippen LogP contribution in [0.15, 0.2) is 55.4 Å². The first-order valence-electron chi connectivity index (χ1n) is 11.6. The highest BCUT2D eigenvalue weighted by Crippen LogP contribution is 2.27. The number of anilines is 1. The molecule has 5 rings (SSSR count). The lowest BCUT2D eigenvalue weighted by Crippen LogP contribution is -2.36. The molecular weight excluding hydrogens is 505 g/mol. The number of amides is 2. The molecule has 38 heavy (non-hydrogen) atoms. The van der Waals surface area contributed by atoms with Crippen molar-refractivity contribution in [1.29, 1.82) is 0 Å². The van der Waals surface area contributed by atoms with Gasteiger partial charge in [0.05, 0.1) is 36.0 Å². The number of nitrogens with zero attached hydrogens (tertiary/aromatic N) is 5. The maximum atomic E-state index is 12.3. The van der Waals surface area contributed by atoms with E-state index in [1.807, 2.05) is 33.6 Å². The van der Waals surface area contributed by atoms with E-state index in [1.54, 1.807) is 23.8 Å². The lowest BCUT2D eigenvalue weighted by Gasteiger charge is -2.22. The van der Waals surface area contributed by atoms with Gasteiger partial charge in [0.2, 0.25) is 0 Å². The van der Waals surface area contributed by atoms with Crippen molar-refractivity contribution in [3.8, 4) is 22.4 Å². The summed E-state index contributed by atoms with van der Waals surface area (Å²) in [7, 11) is 0. The van der Waals surface area contributed by atoms with Crippen molar-refractivity contribution in [3.63, 3.8) is 0 Å². The van der Waals surface area contributed by atoms with Crippen molar-refractivity contribution in [2.45, 2.75) is 25.1 Å². The summed E-state index contributed by atoms with van der Waals surface area (Å²) in [6, 6.07) is 5.00. The number of aromatic nitrogens is 5. The quantitative estimate of drug-likeness (QED) is 0.290. The number of alkyl halides is 3. The standard InChI is InChI=1S/C23H23F3N8O.CH2O2/c24-23(25,26)14-30-22(35)32-18-7-16(9-28-11-18)20-12-29-21-8-15(3-6-33(20)21)17-10-31-34(13-17)19-1-4-27-5-2-19;2-1-3/h3,6-13,19,27H,1-2,4-5,14H2,(H2,30,32,35);1H,(H,2,3). The van der Waals surface area contributed by atoms with Crippen LogP contribution in [0, 0.1) is 0 Å². The molecule has 1 aliphatic rings. The van der Waals surface area contributed by atoms with Crippen molar-refractivity contribution >= 4 is 23.8 Å². The normalized spacial score (nSPS) is 14.0. The third kappa shape index (κ3) is 6.64. The number of halogens is 3. The van der Waals surface area contributed by atoms with Crippen LogP contribution in [0.5, 0.6) is 0 Å². The molecule has 14 heteroatoms. The number of carbonyl (C=O) groups excluding carboxylic acids is 1. The van der Waals surface area contributed by atoms with E-state index >= 15 is 0 Å². The molecule has 4 aromatic rings. The molecule has 4 aromatic heterocycles. The molecule has 1 saturated heterocycles. The fourth-order valence-electron chi connectivity index (χ4n) is 4.14. The van der Waals surface area contributed by atoms with Crippen molar-refractivity contribution in [3.05, 3.63) is 55.4 Å². The Kier molecular flexibility index (Phi) is 8.21. The Morgan fingerprint density at radius 3 is 2.63 bits per heavy atom. The van der Waals surface area contributed by atoms with Crippen LogP contribution in [0.1, 0.15) is 18.9 Å². The first-order chi connectivity index (χ1) is 18.3. The highest BCUT2D eigenvalue weighted by atomic mass is 19.4. The zero-order valence-electron chi connectivity index (χ0n) is 20.0. The number of pyridine rings is 2. The van der Waals surface area contributed by atoms with E-state index in [4.69, 9.17) is 9.90 Å². The van der Waals surface area contributed by atoms with Gasteiger partial charge < -0.3 is 21.1 Å². The third-order valence-electron chi connectivity index (χ3n) is 5.87. The monoisotopic (exact) mass is 530 g/mol. The number of hydrogen-bond acceptors (Lipinski definition) is 6. The van der Waals surface area contributed by atoms with Gasteiger partial charge in [0.15, 0.2) is 0 Å². The fraction of sp³-hybridized carbons (Fsp3) is 0.292. The molecule has 0 unspecified atom stereocenters. The highest BCUT2D eigenvalue weighted by molar-refractivity contribution is 5.89. The first-order valence-corrected chi connectivity index (χ1v) is 11.6. The Morgan fingerprint density at radius 2 is 1.89 bits per heavy atom. The number of carbonyl (C=O) groups is 2. The predicted octanol–water partition coefficient (Wildman–Crippen LogP) is 3.57. The summed E-state index contributed by atoms with van der Waals surface area (Å²) < 4.78 is 40.8. The second-order valence-corrected chi connectivity index (χ2v) is 8.47. The van der Waals surface area contributed by atoms with Crippen LogP contribution in [-0.2, 0) is 4.79 Å². The molecule has 0 saturated carbocycles. The van der Waals surface area contributed by atoms with E-state index in [1.165, 1.54) is 6.20 Å². The van der Waals surface area contributed by atoms with Gasteiger partial charge in [-0.3, -0.25) is 18.9 Å². The fourth-order valence-corrected chi connectivity index (χ4v) is 4.14. The molecule has 0 bridgehead atoms. The molecule has 0 atom stereocenters. The average molecular weight is 531 g/mol. The van der Waals surface area contributed by atoms with Gasteiger partial charge in [0.25, 0.3) is 6.47 Å². The number of urea groups is 1.